The maximum absolute atomic E-state index is 12.6. The van der Waals surface area contributed by atoms with Gasteiger partial charge in [0.1, 0.15) is 0 Å². The molecule has 0 radical (unpaired) electrons. The van der Waals surface area contributed by atoms with Gasteiger partial charge in [-0.2, -0.15) is 0 Å². The summed E-state index contributed by atoms with van der Waals surface area (Å²) in [5.41, 5.74) is 2.63. The molecule has 0 aliphatic carbocycles. The summed E-state index contributed by atoms with van der Waals surface area (Å²) in [6.07, 6.45) is 0. The number of methoxy groups -OCH3 is 1. The van der Waals surface area contributed by atoms with E-state index in [9.17, 15) is 14.4 Å². The van der Waals surface area contributed by atoms with Gasteiger partial charge in [0.25, 0.3) is 11.8 Å². The van der Waals surface area contributed by atoms with Gasteiger partial charge in [-0.15, -0.1) is 0 Å². The molecule has 1 N–H and O–H groups in total. The van der Waals surface area contributed by atoms with Crippen LogP contribution in [0.3, 0.4) is 0 Å². The minimum atomic E-state index is -0.441. The number of nitrogens with zero attached hydrogens (tertiary/aromatic N) is 1. The Balaban J connectivity index is 1.67. The van der Waals surface area contributed by atoms with Crippen LogP contribution in [0.2, 0.25) is 0 Å². The smallest absolute Gasteiger partial charge is 0.337 e. The zero-order valence-corrected chi connectivity index (χ0v) is 16.1. The normalized spacial score (nSPS) is 10.1. The highest BCUT2D eigenvalue weighted by Gasteiger charge is 2.14. The lowest BCUT2D eigenvalue weighted by atomic mass is 10.1. The molecule has 0 aliphatic heterocycles. The van der Waals surface area contributed by atoms with E-state index in [1.54, 1.807) is 60.5 Å². The van der Waals surface area contributed by atoms with E-state index in [-0.39, 0.29) is 11.8 Å². The van der Waals surface area contributed by atoms with Crippen molar-refractivity contribution in [2.24, 2.45) is 0 Å². The second-order valence-corrected chi connectivity index (χ2v) is 6.30. The molecule has 0 heterocycles. The lowest BCUT2D eigenvalue weighted by Gasteiger charge is -2.17. The van der Waals surface area contributed by atoms with Gasteiger partial charge in [0, 0.05) is 29.5 Å². The first-order valence-corrected chi connectivity index (χ1v) is 8.92. The number of amides is 2. The predicted molar refractivity (Wildman–Crippen MR) is 111 cm³/mol. The van der Waals surface area contributed by atoms with E-state index in [4.69, 9.17) is 0 Å². The Bertz CT molecular complexity index is 1010. The number of anilines is 2. The van der Waals surface area contributed by atoms with E-state index in [0.29, 0.717) is 22.4 Å². The van der Waals surface area contributed by atoms with E-state index < -0.39 is 5.97 Å². The first-order chi connectivity index (χ1) is 14.0. The molecule has 2 amide bonds. The van der Waals surface area contributed by atoms with E-state index in [1.807, 2.05) is 30.3 Å². The van der Waals surface area contributed by atoms with Gasteiger partial charge in [-0.05, 0) is 60.7 Å². The third-order valence-corrected chi connectivity index (χ3v) is 4.41. The molecule has 0 fully saturated rings. The predicted octanol–water partition coefficient (Wildman–Crippen LogP) is 4.00. The highest BCUT2D eigenvalue weighted by Crippen LogP contribution is 2.16. The molecule has 0 aliphatic rings. The Morgan fingerprint density at radius 3 is 1.90 bits per heavy atom. The SMILES string of the molecule is COC(=O)c1ccc(NC(=O)c2ccc(C(=O)N(C)c3ccccc3)cc2)cc1. The molecule has 0 unspecified atom stereocenters. The van der Waals surface area contributed by atoms with Crippen molar-refractivity contribution in [1.82, 2.24) is 0 Å². The molecule has 0 bridgehead atoms. The third kappa shape index (κ3) is 4.68. The van der Waals surface area contributed by atoms with Crippen LogP contribution in [0.25, 0.3) is 0 Å². The van der Waals surface area contributed by atoms with Crippen LogP contribution in [0, 0.1) is 0 Å². The monoisotopic (exact) mass is 388 g/mol. The van der Waals surface area contributed by atoms with E-state index in [0.717, 1.165) is 5.69 Å². The quantitative estimate of drug-likeness (QED) is 0.671. The number of hydrogen-bond donors (Lipinski definition) is 1. The van der Waals surface area contributed by atoms with Gasteiger partial charge >= 0.3 is 5.97 Å². The summed E-state index contributed by atoms with van der Waals surface area (Å²) in [7, 11) is 3.01. The molecule has 0 saturated carbocycles. The third-order valence-electron chi connectivity index (χ3n) is 4.41. The molecule has 6 nitrogen and oxygen atoms in total. The average molecular weight is 388 g/mol. The summed E-state index contributed by atoms with van der Waals surface area (Å²) in [6, 6.07) is 22.2. The number of carbonyl (C=O) groups excluding carboxylic acids is 3. The standard InChI is InChI=1S/C23H20N2O4/c1-25(20-6-4-3-5-7-20)22(27)17-10-8-16(9-11-17)21(26)24-19-14-12-18(13-15-19)23(28)29-2/h3-15H,1-2H3,(H,24,26). The Kier molecular flexibility index (Phi) is 6.04. The van der Waals surface area contributed by atoms with Crippen LogP contribution in [0.5, 0.6) is 0 Å². The molecule has 3 aromatic carbocycles. The molecule has 0 aromatic heterocycles. The van der Waals surface area contributed by atoms with Crippen LogP contribution in [-0.4, -0.2) is 31.9 Å². The summed E-state index contributed by atoms with van der Waals surface area (Å²) in [6.45, 7) is 0. The molecule has 0 atom stereocenters. The van der Waals surface area contributed by atoms with Gasteiger partial charge in [-0.1, -0.05) is 18.2 Å². The zero-order chi connectivity index (χ0) is 20.8. The average Bonchev–Trinajstić information content (AvgIpc) is 2.78. The molecule has 146 valence electrons. The second kappa shape index (κ2) is 8.84. The van der Waals surface area contributed by atoms with Crippen LogP contribution in [-0.2, 0) is 4.74 Å². The number of benzene rings is 3. The Labute approximate surface area is 168 Å². The van der Waals surface area contributed by atoms with Crippen molar-refractivity contribution in [2.45, 2.75) is 0 Å². The summed E-state index contributed by atoms with van der Waals surface area (Å²) in [5.74, 6) is -0.920. The first kappa shape index (κ1) is 19.8. The largest absolute Gasteiger partial charge is 0.465 e. The zero-order valence-electron chi connectivity index (χ0n) is 16.1. The summed E-state index contributed by atoms with van der Waals surface area (Å²) in [4.78, 5) is 38.1. The summed E-state index contributed by atoms with van der Waals surface area (Å²) >= 11 is 0. The Hall–Kier alpha value is -3.93. The molecule has 3 rings (SSSR count). The number of nitrogens with one attached hydrogen (secondary N) is 1. The number of hydrogen-bond acceptors (Lipinski definition) is 4. The Morgan fingerprint density at radius 1 is 0.759 bits per heavy atom. The van der Waals surface area contributed by atoms with E-state index in [2.05, 4.69) is 10.1 Å². The van der Waals surface area contributed by atoms with Crippen LogP contribution < -0.4 is 10.2 Å². The van der Waals surface area contributed by atoms with Gasteiger partial charge in [-0.25, -0.2) is 4.79 Å². The lowest BCUT2D eigenvalue weighted by Crippen LogP contribution is -2.26. The van der Waals surface area contributed by atoms with Crippen molar-refractivity contribution in [3.63, 3.8) is 0 Å². The Morgan fingerprint density at radius 2 is 1.31 bits per heavy atom. The second-order valence-electron chi connectivity index (χ2n) is 6.30. The van der Waals surface area contributed by atoms with Crippen LogP contribution in [0.1, 0.15) is 31.1 Å². The fraction of sp³-hybridized carbons (Fsp3) is 0.0870. The molecule has 3 aromatic rings. The fourth-order valence-electron chi connectivity index (χ4n) is 2.74. The molecule has 0 spiro atoms. The van der Waals surface area contributed by atoms with Gasteiger partial charge in [0.15, 0.2) is 0 Å². The number of ether oxygens (including phenoxy) is 1. The van der Waals surface area contributed by atoms with Gasteiger partial charge in [0.2, 0.25) is 0 Å². The fourth-order valence-corrected chi connectivity index (χ4v) is 2.74. The van der Waals surface area contributed by atoms with Gasteiger partial charge in [0.05, 0.1) is 12.7 Å². The van der Waals surface area contributed by atoms with Crippen LogP contribution in [0.15, 0.2) is 78.9 Å². The number of para-hydroxylation sites is 1. The summed E-state index contributed by atoms with van der Waals surface area (Å²) < 4.78 is 4.64. The highest BCUT2D eigenvalue weighted by molar-refractivity contribution is 6.08. The van der Waals surface area contributed by atoms with Crippen molar-refractivity contribution >= 4 is 29.2 Å². The van der Waals surface area contributed by atoms with E-state index >= 15 is 0 Å². The van der Waals surface area contributed by atoms with Crippen molar-refractivity contribution in [1.29, 1.82) is 0 Å². The first-order valence-electron chi connectivity index (χ1n) is 8.92. The maximum atomic E-state index is 12.6. The maximum Gasteiger partial charge on any atom is 0.337 e. The van der Waals surface area contributed by atoms with Crippen LogP contribution in [0.4, 0.5) is 11.4 Å². The number of esters is 1. The minimum Gasteiger partial charge on any atom is -0.465 e. The van der Waals surface area contributed by atoms with Crippen molar-refractivity contribution in [2.75, 3.05) is 24.4 Å². The molecular formula is C23H20N2O4. The lowest BCUT2D eigenvalue weighted by molar-refractivity contribution is 0.0600. The number of carbonyl (C=O) groups is 3. The van der Waals surface area contributed by atoms with Crippen LogP contribution >= 0.6 is 0 Å². The van der Waals surface area contributed by atoms with E-state index in [1.165, 1.54) is 7.11 Å². The summed E-state index contributed by atoms with van der Waals surface area (Å²) in [5, 5.41) is 2.75. The van der Waals surface area contributed by atoms with Gasteiger partial charge in [-0.3, -0.25) is 9.59 Å². The highest BCUT2D eigenvalue weighted by atomic mass is 16.5. The molecular weight excluding hydrogens is 368 g/mol. The molecule has 29 heavy (non-hydrogen) atoms. The van der Waals surface area contributed by atoms with Crippen molar-refractivity contribution in [3.05, 3.63) is 95.6 Å². The van der Waals surface area contributed by atoms with Gasteiger partial charge < -0.3 is 15.0 Å². The molecule has 0 saturated heterocycles. The topological polar surface area (TPSA) is 75.7 Å². The van der Waals surface area contributed by atoms with Crippen molar-refractivity contribution in [3.8, 4) is 0 Å². The molecule has 6 heteroatoms. The number of rotatable bonds is 5. The van der Waals surface area contributed by atoms with Crippen molar-refractivity contribution < 1.29 is 19.1 Å². The minimum absolute atomic E-state index is 0.165.